The molecule has 0 radical (unpaired) electrons. The molecule has 6 saturated heterocycles. The normalized spacial score (nSPS) is 50.4. The summed E-state index contributed by atoms with van der Waals surface area (Å²) in [6.45, 7) is -2.46. The highest BCUT2D eigenvalue weighted by atomic mass is 32.3. The number of rotatable bonds is 12. The third-order valence-corrected chi connectivity index (χ3v) is 10.0. The Balaban J connectivity index is 1.19. The van der Waals surface area contributed by atoms with Gasteiger partial charge >= 0.3 is 20.8 Å². The summed E-state index contributed by atoms with van der Waals surface area (Å²) in [5, 5.41) is 83.6. The van der Waals surface area contributed by atoms with Gasteiger partial charge in [0.2, 0.25) is 0 Å². The van der Waals surface area contributed by atoms with Crippen LogP contribution in [-0.2, 0) is 71.8 Å². The SMILES string of the molecule is O=S(=O)(O)O[C@@H]1[C@H](O[C@H]2O[C@@H]3CO[C@@H](C3O[C@@H]3O[C@H](CO)[C@H](OS(=O)(=O)O)[C@H](O[C@H]4O[C@@H]5CO[C@@H](C5O)[C@H]4O)[C@H]3O)[C@H]2O)[C@@H](O)[C@H](O)O[C@@H]1CO. The lowest BCUT2D eigenvalue weighted by atomic mass is 9.96. The van der Waals surface area contributed by atoms with Gasteiger partial charge < -0.3 is 83.5 Å². The van der Waals surface area contributed by atoms with E-state index in [0.29, 0.717) is 0 Å². The van der Waals surface area contributed by atoms with E-state index in [0.717, 1.165) is 0 Å². The molecule has 0 aromatic carbocycles. The minimum atomic E-state index is -5.29. The average Bonchev–Trinajstić information content (AvgIpc) is 3.50. The van der Waals surface area contributed by atoms with Gasteiger partial charge in [-0.15, -0.1) is 0 Å². The van der Waals surface area contributed by atoms with Gasteiger partial charge in [-0.3, -0.25) is 9.11 Å². The topological polar surface area (TPSA) is 372 Å². The molecule has 10 N–H and O–H groups in total. The van der Waals surface area contributed by atoms with Gasteiger partial charge in [0, 0.05) is 0 Å². The van der Waals surface area contributed by atoms with Crippen molar-refractivity contribution in [3.05, 3.63) is 0 Å². The molecule has 0 aromatic rings. The molecule has 25 nitrogen and oxygen atoms in total. The van der Waals surface area contributed by atoms with E-state index in [4.69, 9.17) is 42.6 Å². The summed E-state index contributed by atoms with van der Waals surface area (Å²) in [6, 6.07) is 0. The van der Waals surface area contributed by atoms with E-state index in [-0.39, 0.29) is 13.2 Å². The van der Waals surface area contributed by atoms with Crippen LogP contribution in [0.3, 0.4) is 0 Å². The summed E-state index contributed by atoms with van der Waals surface area (Å²) < 4.78 is 124. The summed E-state index contributed by atoms with van der Waals surface area (Å²) in [7, 11) is -10.5. The molecule has 2 unspecified atom stereocenters. The van der Waals surface area contributed by atoms with E-state index in [2.05, 4.69) is 8.37 Å². The van der Waals surface area contributed by atoms with E-state index < -0.39 is 157 Å². The summed E-state index contributed by atoms with van der Waals surface area (Å²) >= 11 is 0. The van der Waals surface area contributed by atoms with E-state index >= 15 is 0 Å². The van der Waals surface area contributed by atoms with Crippen molar-refractivity contribution < 1.29 is 118 Å². The van der Waals surface area contributed by atoms with E-state index in [9.17, 15) is 66.8 Å². The molecule has 0 spiro atoms. The predicted octanol–water partition coefficient (Wildman–Crippen LogP) is -8.00. The van der Waals surface area contributed by atoms with Crippen LogP contribution < -0.4 is 0 Å². The van der Waals surface area contributed by atoms with Gasteiger partial charge in [0.05, 0.1) is 26.4 Å². The summed E-state index contributed by atoms with van der Waals surface area (Å²) in [6.07, 6.45) is -33.6. The Hall–Kier alpha value is -0.940. The monoisotopic (exact) mass is 790 g/mol. The fraction of sp³-hybridized carbons (Fsp3) is 1.00. The van der Waals surface area contributed by atoms with Crippen molar-refractivity contribution in [1.82, 2.24) is 0 Å². The van der Waals surface area contributed by atoms with Crippen LogP contribution in [0, 0.1) is 0 Å². The first kappa shape index (κ1) is 39.7. The molecule has 0 aliphatic carbocycles. The highest BCUT2D eigenvalue weighted by molar-refractivity contribution is 7.81. The second kappa shape index (κ2) is 15.3. The molecule has 6 aliphatic heterocycles. The first-order chi connectivity index (χ1) is 23.9. The zero-order chi connectivity index (χ0) is 37.2. The fourth-order valence-corrected chi connectivity index (χ4v) is 7.78. The molecular weight excluding hydrogens is 752 g/mol. The van der Waals surface area contributed by atoms with Gasteiger partial charge in [-0.05, 0) is 0 Å². The minimum Gasteiger partial charge on any atom is -0.394 e. The maximum Gasteiger partial charge on any atom is 0.397 e. The van der Waals surface area contributed by atoms with Gasteiger partial charge in [-0.2, -0.15) is 16.8 Å². The number of hydrogen-bond donors (Lipinski definition) is 10. The van der Waals surface area contributed by atoms with Crippen molar-refractivity contribution in [2.45, 2.75) is 123 Å². The van der Waals surface area contributed by atoms with E-state index in [1.165, 1.54) is 0 Å². The van der Waals surface area contributed by atoms with Gasteiger partial charge in [0.1, 0.15) is 97.7 Å². The summed E-state index contributed by atoms with van der Waals surface area (Å²) in [5.41, 5.74) is 0. The molecule has 6 heterocycles. The molecule has 4 bridgehead atoms. The van der Waals surface area contributed by atoms with Crippen molar-refractivity contribution in [2.24, 2.45) is 0 Å². The third-order valence-electron chi connectivity index (χ3n) is 9.11. The molecule has 0 amide bonds. The van der Waals surface area contributed by atoms with Gasteiger partial charge in [-0.1, -0.05) is 0 Å². The van der Waals surface area contributed by atoms with E-state index in [1.807, 2.05) is 0 Å². The van der Waals surface area contributed by atoms with Crippen molar-refractivity contribution in [2.75, 3.05) is 26.4 Å². The van der Waals surface area contributed by atoms with Crippen LogP contribution in [0.15, 0.2) is 0 Å². The van der Waals surface area contributed by atoms with Crippen molar-refractivity contribution in [3.8, 4) is 0 Å². The lowest BCUT2D eigenvalue weighted by Gasteiger charge is -2.47. The molecule has 0 aromatic heterocycles. The van der Waals surface area contributed by atoms with Crippen LogP contribution in [0.1, 0.15) is 0 Å². The molecular formula is C24H38O25S2. The van der Waals surface area contributed by atoms with Crippen LogP contribution in [0.25, 0.3) is 0 Å². The smallest absolute Gasteiger partial charge is 0.394 e. The lowest BCUT2D eigenvalue weighted by Crippen LogP contribution is -2.66. The standard InChI is InChI=1S/C24H38O25S2/c25-1-5-15(48-50(33,34)35)19(10(28)21(32)41-5)46-23-12(30)18-14(8(44-23)4-40-18)45-24-13(31)20(16(6(2-26)42-24)49-51(36,37)38)47-22-11(29)17-9(27)7(43-22)3-39-17/h5-32H,1-4H2,(H,33,34,35)(H,36,37,38)/t5-,6-,7-,8-,9?,10-,11-,12-,13-,14?,15+,16+,17+,18-,19-,20-,21-,22-,23-,24+/m1/s1. The second-order valence-electron chi connectivity index (χ2n) is 12.4. The first-order valence-electron chi connectivity index (χ1n) is 15.3. The third kappa shape index (κ3) is 8.21. The highest BCUT2D eigenvalue weighted by Crippen LogP contribution is 2.39. The van der Waals surface area contributed by atoms with Crippen LogP contribution >= 0.6 is 0 Å². The van der Waals surface area contributed by atoms with Crippen molar-refractivity contribution >= 4 is 20.8 Å². The number of fused-ring (bicyclic) bond motifs is 4. The molecule has 6 fully saturated rings. The molecule has 20 atom stereocenters. The molecule has 6 aliphatic rings. The Morgan fingerprint density at radius 3 is 1.53 bits per heavy atom. The highest BCUT2D eigenvalue weighted by Gasteiger charge is 2.59. The Kier molecular flexibility index (Phi) is 11.9. The molecule has 27 heteroatoms. The lowest BCUT2D eigenvalue weighted by molar-refractivity contribution is -0.370. The van der Waals surface area contributed by atoms with Crippen molar-refractivity contribution in [3.63, 3.8) is 0 Å². The van der Waals surface area contributed by atoms with Gasteiger partial charge in [0.15, 0.2) is 25.2 Å². The Morgan fingerprint density at radius 1 is 0.510 bits per heavy atom. The van der Waals surface area contributed by atoms with Crippen molar-refractivity contribution in [1.29, 1.82) is 0 Å². The zero-order valence-electron chi connectivity index (χ0n) is 25.8. The largest absolute Gasteiger partial charge is 0.397 e. The quantitative estimate of drug-likeness (QED) is 0.0821. The average molecular weight is 791 g/mol. The molecule has 6 rings (SSSR count). The Labute approximate surface area is 287 Å². The molecule has 296 valence electrons. The Morgan fingerprint density at radius 2 is 0.961 bits per heavy atom. The fourth-order valence-electron chi connectivity index (χ4n) is 6.75. The minimum absolute atomic E-state index is 0.142. The first-order valence-corrected chi connectivity index (χ1v) is 18.1. The van der Waals surface area contributed by atoms with Gasteiger partial charge in [0.25, 0.3) is 0 Å². The maximum absolute atomic E-state index is 11.7. The second-order valence-corrected chi connectivity index (χ2v) is 14.5. The number of hydrogen-bond acceptors (Lipinski definition) is 23. The Bertz CT molecular complexity index is 1420. The molecule has 51 heavy (non-hydrogen) atoms. The zero-order valence-corrected chi connectivity index (χ0v) is 27.4. The summed E-state index contributed by atoms with van der Waals surface area (Å²) in [5.74, 6) is 0. The predicted molar refractivity (Wildman–Crippen MR) is 148 cm³/mol. The van der Waals surface area contributed by atoms with E-state index in [1.54, 1.807) is 0 Å². The number of aliphatic hydroxyl groups is 8. The van der Waals surface area contributed by atoms with Crippen LogP contribution in [-0.4, -0.2) is 216 Å². The van der Waals surface area contributed by atoms with Crippen LogP contribution in [0.5, 0.6) is 0 Å². The number of aliphatic hydroxyl groups excluding tert-OH is 8. The van der Waals surface area contributed by atoms with Crippen LogP contribution in [0.4, 0.5) is 0 Å². The molecule has 0 saturated carbocycles. The van der Waals surface area contributed by atoms with Gasteiger partial charge in [-0.25, -0.2) is 8.37 Å². The summed E-state index contributed by atoms with van der Waals surface area (Å²) in [4.78, 5) is 0. The number of ether oxygens (including phenoxy) is 9. The maximum atomic E-state index is 11.7. The van der Waals surface area contributed by atoms with Crippen LogP contribution in [0.2, 0.25) is 0 Å².